The Labute approximate surface area is 518 Å². The first-order valence-electron chi connectivity index (χ1n) is 31.4. The summed E-state index contributed by atoms with van der Waals surface area (Å²) in [6, 6.07) is 76.5. The van der Waals surface area contributed by atoms with Crippen LogP contribution in [0.3, 0.4) is 0 Å². The lowest BCUT2D eigenvalue weighted by atomic mass is 9.33. The van der Waals surface area contributed by atoms with Gasteiger partial charge in [-0.1, -0.05) is 219 Å². The smallest absolute Gasteiger partial charge is 0.252 e. The summed E-state index contributed by atoms with van der Waals surface area (Å²) in [5, 5.41) is 2.26. The number of anilines is 9. The van der Waals surface area contributed by atoms with Crippen molar-refractivity contribution in [2.24, 2.45) is 0 Å². The molecule has 0 bridgehead atoms. The van der Waals surface area contributed by atoms with E-state index >= 15 is 0 Å². The zero-order valence-electron chi connectivity index (χ0n) is 54.4. The zero-order chi connectivity index (χ0) is 61.4. The standard InChI is InChI=1S/C82H84BN3O/c1-51-44-54(63-27-23-28-65-64-26-21-22-29-74(64)87-77(63)65)45-52(2)76(51)86-71-50-62(84(60-36-30-55(31-37-60)78(3,4)5)61-38-32-56(33-39-61)79(6,7)8)40-41-67(71)83-68-47-58(81(12,13)14)35-43-70(68)85(72-48-59(82(15,16)17)49-73(86)75(72)83)69-42-34-57(80(9,10)11)46-66(69)53-24-19-18-20-25-53/h18-50H,1-17H3. The van der Waals surface area contributed by atoms with E-state index in [0.29, 0.717) is 0 Å². The second-order valence-electron chi connectivity index (χ2n) is 30.1. The zero-order valence-corrected chi connectivity index (χ0v) is 54.4. The molecule has 0 amide bonds. The highest BCUT2D eigenvalue weighted by Gasteiger charge is 2.46. The van der Waals surface area contributed by atoms with Gasteiger partial charge in [-0.2, -0.15) is 0 Å². The SMILES string of the molecule is Cc1cc(-c2cccc3c2oc2ccccc23)cc(C)c1N1c2cc(N(c3ccc(C(C)(C)C)cc3)c3ccc(C(C)(C)C)cc3)ccc2B2c3cc(C(C)(C)C)ccc3N(c3ccc(C(C)(C)C)cc3-c3ccccc3)c3cc(C(C)(C)C)cc1c32. The Hall–Kier alpha value is -8.54. The van der Waals surface area contributed by atoms with Crippen molar-refractivity contribution < 1.29 is 4.42 Å². The average Bonchev–Trinajstić information content (AvgIpc) is 1.09. The van der Waals surface area contributed by atoms with Gasteiger partial charge in [0.25, 0.3) is 6.71 Å². The van der Waals surface area contributed by atoms with E-state index in [-0.39, 0.29) is 33.8 Å². The van der Waals surface area contributed by atoms with Crippen LogP contribution in [-0.4, -0.2) is 6.71 Å². The van der Waals surface area contributed by atoms with Crippen molar-refractivity contribution >= 4 is 96.2 Å². The van der Waals surface area contributed by atoms with Gasteiger partial charge in [-0.3, -0.25) is 0 Å². The van der Waals surface area contributed by atoms with Crippen LogP contribution in [0.1, 0.15) is 143 Å². The second kappa shape index (κ2) is 20.5. The summed E-state index contributed by atoms with van der Waals surface area (Å²) in [6.45, 7) is 39.5. The molecule has 11 aromatic rings. The molecule has 0 saturated carbocycles. The summed E-state index contributed by atoms with van der Waals surface area (Å²) in [4.78, 5) is 7.78. The van der Waals surface area contributed by atoms with E-state index < -0.39 is 0 Å². The Morgan fingerprint density at radius 2 is 0.851 bits per heavy atom. The number of hydrogen-bond acceptors (Lipinski definition) is 4. The fourth-order valence-corrected chi connectivity index (χ4v) is 13.7. The molecule has 2 aliphatic heterocycles. The van der Waals surface area contributed by atoms with Crippen molar-refractivity contribution in [1.82, 2.24) is 0 Å². The van der Waals surface area contributed by atoms with Crippen molar-refractivity contribution in [3.05, 3.63) is 239 Å². The number of hydrogen-bond donors (Lipinski definition) is 0. The van der Waals surface area contributed by atoms with E-state index in [1.807, 2.05) is 0 Å². The number of furan rings is 1. The highest BCUT2D eigenvalue weighted by molar-refractivity contribution is 7.00. The molecule has 0 saturated heterocycles. The summed E-state index contributed by atoms with van der Waals surface area (Å²) < 4.78 is 6.74. The molecule has 0 unspecified atom stereocenters. The van der Waals surface area contributed by atoms with E-state index in [1.54, 1.807) is 0 Å². The van der Waals surface area contributed by atoms with Gasteiger partial charge >= 0.3 is 0 Å². The molecule has 10 aromatic carbocycles. The van der Waals surface area contributed by atoms with Gasteiger partial charge in [-0.25, -0.2) is 0 Å². The molecule has 0 N–H and O–H groups in total. The van der Waals surface area contributed by atoms with Gasteiger partial charge in [0.1, 0.15) is 11.2 Å². The molecule has 0 aliphatic carbocycles. The number of benzene rings is 10. The Balaban J connectivity index is 1.13. The molecule has 0 spiro atoms. The fraction of sp³-hybridized carbons (Fsp3) is 0.268. The molecule has 1 aromatic heterocycles. The van der Waals surface area contributed by atoms with Crippen LogP contribution in [-0.2, 0) is 27.1 Å². The Kier molecular flexibility index (Phi) is 13.6. The fourth-order valence-electron chi connectivity index (χ4n) is 13.7. The summed E-state index contributed by atoms with van der Waals surface area (Å²) in [6.07, 6.45) is 0. The third-order valence-electron chi connectivity index (χ3n) is 18.6. The number of nitrogens with zero attached hydrogens (tertiary/aromatic N) is 3. The maximum absolute atomic E-state index is 6.74. The van der Waals surface area contributed by atoms with Crippen LogP contribution in [0.5, 0.6) is 0 Å². The lowest BCUT2D eigenvalue weighted by molar-refractivity contribution is 0.590. The molecule has 0 radical (unpaired) electrons. The normalized spacial score (nSPS) is 13.5. The topological polar surface area (TPSA) is 22.9 Å². The third kappa shape index (κ3) is 10.1. The van der Waals surface area contributed by atoms with Crippen molar-refractivity contribution in [1.29, 1.82) is 0 Å². The number of rotatable bonds is 7. The largest absolute Gasteiger partial charge is 0.455 e. The molecule has 2 aliphatic rings. The van der Waals surface area contributed by atoms with Crippen LogP contribution in [0.25, 0.3) is 44.2 Å². The van der Waals surface area contributed by atoms with Gasteiger partial charge in [-0.05, 0) is 192 Å². The van der Waals surface area contributed by atoms with Crippen LogP contribution in [0.4, 0.5) is 51.2 Å². The number of para-hydroxylation sites is 2. The van der Waals surface area contributed by atoms with E-state index in [0.717, 1.165) is 50.1 Å². The van der Waals surface area contributed by atoms with Gasteiger partial charge in [0.2, 0.25) is 0 Å². The molecular weight excluding hydrogens is 1050 g/mol. The molecule has 5 heteroatoms. The van der Waals surface area contributed by atoms with E-state index in [9.17, 15) is 0 Å². The number of aryl methyl sites for hydroxylation is 2. The summed E-state index contributed by atoms with van der Waals surface area (Å²) >= 11 is 0. The lowest BCUT2D eigenvalue weighted by Gasteiger charge is -2.46. The Morgan fingerprint density at radius 3 is 1.44 bits per heavy atom. The van der Waals surface area contributed by atoms with Crippen LogP contribution >= 0.6 is 0 Å². The highest BCUT2D eigenvalue weighted by atomic mass is 16.3. The van der Waals surface area contributed by atoms with Crippen molar-refractivity contribution in [2.75, 3.05) is 14.7 Å². The molecule has 0 fully saturated rings. The maximum Gasteiger partial charge on any atom is 0.252 e. The molecule has 13 rings (SSSR count). The van der Waals surface area contributed by atoms with Crippen molar-refractivity contribution in [3.63, 3.8) is 0 Å². The highest BCUT2D eigenvalue weighted by Crippen LogP contribution is 2.52. The minimum absolute atomic E-state index is 0.00372. The van der Waals surface area contributed by atoms with Gasteiger partial charge < -0.3 is 19.1 Å². The minimum atomic E-state index is -0.219. The predicted octanol–water partition coefficient (Wildman–Crippen LogP) is 21.6. The Bertz CT molecular complexity index is 4410. The Morgan fingerprint density at radius 1 is 0.345 bits per heavy atom. The molecule has 0 atom stereocenters. The first kappa shape index (κ1) is 57.5. The molecule has 4 nitrogen and oxygen atoms in total. The molecule has 87 heavy (non-hydrogen) atoms. The molecular formula is C82H84BN3O. The minimum Gasteiger partial charge on any atom is -0.455 e. The van der Waals surface area contributed by atoms with Crippen molar-refractivity contribution in [2.45, 2.75) is 145 Å². The maximum atomic E-state index is 6.74. The van der Waals surface area contributed by atoms with Crippen LogP contribution in [0.15, 0.2) is 205 Å². The predicted molar refractivity (Wildman–Crippen MR) is 376 cm³/mol. The first-order valence-corrected chi connectivity index (χ1v) is 31.4. The lowest BCUT2D eigenvalue weighted by Crippen LogP contribution is -2.61. The first-order chi connectivity index (χ1) is 41.1. The van der Waals surface area contributed by atoms with Gasteiger partial charge in [0.15, 0.2) is 0 Å². The van der Waals surface area contributed by atoms with Gasteiger partial charge in [0.05, 0.1) is 11.4 Å². The number of fused-ring (bicyclic) bond motifs is 7. The van der Waals surface area contributed by atoms with Gasteiger partial charge in [0, 0.05) is 61.7 Å². The summed E-state index contributed by atoms with van der Waals surface area (Å²) in [5.41, 5.74) is 29.3. The van der Waals surface area contributed by atoms with Crippen molar-refractivity contribution in [3.8, 4) is 22.3 Å². The van der Waals surface area contributed by atoms with E-state index in [1.165, 1.54) is 101 Å². The van der Waals surface area contributed by atoms with E-state index in [2.05, 4.69) is 333 Å². The van der Waals surface area contributed by atoms with Gasteiger partial charge in [-0.15, -0.1) is 0 Å². The summed E-state index contributed by atoms with van der Waals surface area (Å²) in [7, 11) is 0. The molecule has 3 heterocycles. The van der Waals surface area contributed by atoms with Crippen LogP contribution < -0.4 is 31.1 Å². The van der Waals surface area contributed by atoms with E-state index in [4.69, 9.17) is 4.42 Å². The second-order valence-corrected chi connectivity index (χ2v) is 30.1. The quantitative estimate of drug-likeness (QED) is 0.148. The summed E-state index contributed by atoms with van der Waals surface area (Å²) in [5.74, 6) is 0. The monoisotopic (exact) mass is 1140 g/mol. The van der Waals surface area contributed by atoms with Crippen LogP contribution in [0, 0.1) is 13.8 Å². The third-order valence-corrected chi connectivity index (χ3v) is 18.6. The molecule has 436 valence electrons. The van der Waals surface area contributed by atoms with Crippen LogP contribution in [0.2, 0.25) is 0 Å². The average molecular weight is 1140 g/mol.